The Kier molecular flexibility index (Phi) is 5.08. The van der Waals surface area contributed by atoms with Crippen molar-refractivity contribution in [1.29, 1.82) is 5.26 Å². The largest absolute Gasteiger partial charge is 0.498 e. The Bertz CT molecular complexity index is 1620. The molecular formula is C31H26BNO3. The number of hydrogen-bond acceptors (Lipinski definition) is 4. The predicted octanol–water partition coefficient (Wildman–Crippen LogP) is 7.09. The van der Waals surface area contributed by atoms with Gasteiger partial charge in [0.25, 0.3) is 0 Å². The zero-order valence-electron chi connectivity index (χ0n) is 20.8. The van der Waals surface area contributed by atoms with Crippen molar-refractivity contribution in [3.63, 3.8) is 0 Å². The van der Waals surface area contributed by atoms with Gasteiger partial charge in [-0.05, 0) is 74.2 Å². The van der Waals surface area contributed by atoms with Crippen LogP contribution in [0.15, 0.2) is 89.3 Å². The van der Waals surface area contributed by atoms with Gasteiger partial charge in [-0.3, -0.25) is 0 Å². The average molecular weight is 471 g/mol. The molecule has 4 aromatic carbocycles. The molecule has 1 fully saturated rings. The maximum Gasteiger partial charge on any atom is 0.498 e. The second-order valence-corrected chi connectivity index (χ2v) is 10.4. The number of furan rings is 1. The molecule has 0 saturated carbocycles. The standard InChI is InChI=1S/C31H26BNO3/c1-30(2)31(3,4)36-32(35-30)27-18-24(17-26-25-7-5-6-8-28(25)34-29(26)27)23-15-13-22(14-16-23)21-11-9-20(19-33)10-12-21/h5-18H,1-4H3. The van der Waals surface area contributed by atoms with Gasteiger partial charge in [-0.15, -0.1) is 0 Å². The van der Waals surface area contributed by atoms with E-state index in [1.807, 2.05) is 42.5 Å². The summed E-state index contributed by atoms with van der Waals surface area (Å²) in [4.78, 5) is 0. The molecule has 36 heavy (non-hydrogen) atoms. The summed E-state index contributed by atoms with van der Waals surface area (Å²) < 4.78 is 19.2. The summed E-state index contributed by atoms with van der Waals surface area (Å²) in [6.45, 7) is 8.26. The topological polar surface area (TPSA) is 55.4 Å². The van der Waals surface area contributed by atoms with Crippen molar-refractivity contribution in [3.8, 4) is 28.3 Å². The molecule has 0 atom stereocenters. The molecule has 0 bridgehead atoms. The minimum atomic E-state index is -0.532. The van der Waals surface area contributed by atoms with E-state index in [9.17, 15) is 0 Å². The van der Waals surface area contributed by atoms with E-state index in [2.05, 4.69) is 76.2 Å². The van der Waals surface area contributed by atoms with Gasteiger partial charge in [-0.1, -0.05) is 60.7 Å². The second-order valence-electron chi connectivity index (χ2n) is 10.4. The molecule has 0 aliphatic carbocycles. The second kappa shape index (κ2) is 8.10. The van der Waals surface area contributed by atoms with Crippen molar-refractivity contribution in [2.75, 3.05) is 0 Å². The van der Waals surface area contributed by atoms with E-state index < -0.39 is 18.3 Å². The molecule has 1 aromatic heterocycles. The fraction of sp³-hybridized carbons (Fsp3) is 0.194. The van der Waals surface area contributed by atoms with Crippen LogP contribution in [0.5, 0.6) is 0 Å². The summed E-state index contributed by atoms with van der Waals surface area (Å²) in [6.07, 6.45) is 0. The number of rotatable bonds is 3. The number of para-hydroxylation sites is 1. The number of nitrogens with zero attached hydrogens (tertiary/aromatic N) is 1. The van der Waals surface area contributed by atoms with E-state index in [1.165, 1.54) is 0 Å². The molecule has 4 nitrogen and oxygen atoms in total. The van der Waals surface area contributed by atoms with E-state index in [1.54, 1.807) is 0 Å². The van der Waals surface area contributed by atoms with Crippen LogP contribution in [0.25, 0.3) is 44.2 Å². The summed E-state index contributed by atoms with van der Waals surface area (Å²) in [5.41, 5.74) is 6.65. The van der Waals surface area contributed by atoms with E-state index in [-0.39, 0.29) is 0 Å². The molecule has 1 aliphatic rings. The number of benzene rings is 4. The van der Waals surface area contributed by atoms with Crippen molar-refractivity contribution in [2.45, 2.75) is 38.9 Å². The lowest BCUT2D eigenvalue weighted by Crippen LogP contribution is -2.41. The minimum Gasteiger partial charge on any atom is -0.456 e. The zero-order valence-corrected chi connectivity index (χ0v) is 20.8. The average Bonchev–Trinajstić information content (AvgIpc) is 3.36. The number of fused-ring (bicyclic) bond motifs is 3. The van der Waals surface area contributed by atoms with Crippen molar-refractivity contribution >= 4 is 34.5 Å². The van der Waals surface area contributed by atoms with E-state index in [4.69, 9.17) is 19.0 Å². The minimum absolute atomic E-state index is 0.450. The van der Waals surface area contributed by atoms with Gasteiger partial charge in [0, 0.05) is 16.2 Å². The molecule has 5 heteroatoms. The molecule has 0 spiro atoms. The molecule has 2 heterocycles. The molecular weight excluding hydrogens is 445 g/mol. The molecule has 176 valence electrons. The maximum atomic E-state index is 9.07. The lowest BCUT2D eigenvalue weighted by Gasteiger charge is -2.32. The van der Waals surface area contributed by atoms with Gasteiger partial charge < -0.3 is 13.7 Å². The molecule has 1 aliphatic heterocycles. The monoisotopic (exact) mass is 471 g/mol. The SMILES string of the molecule is CC1(C)OB(c2cc(-c3ccc(-c4ccc(C#N)cc4)cc3)cc3c2oc2ccccc23)OC1(C)C. The third kappa shape index (κ3) is 3.62. The van der Waals surface area contributed by atoms with Crippen LogP contribution in [0.3, 0.4) is 0 Å². The fourth-order valence-corrected chi connectivity index (χ4v) is 4.76. The molecule has 0 radical (unpaired) electrons. The Balaban J connectivity index is 1.47. The van der Waals surface area contributed by atoms with Gasteiger partial charge in [0.2, 0.25) is 0 Å². The number of hydrogen-bond donors (Lipinski definition) is 0. The van der Waals surface area contributed by atoms with Crippen LogP contribution in [0.1, 0.15) is 33.3 Å². The zero-order chi connectivity index (χ0) is 25.1. The Morgan fingerprint density at radius 2 is 1.22 bits per heavy atom. The molecule has 6 rings (SSSR count). The van der Waals surface area contributed by atoms with E-state index in [0.29, 0.717) is 5.56 Å². The third-order valence-electron chi connectivity index (χ3n) is 7.58. The Morgan fingerprint density at radius 3 is 1.83 bits per heavy atom. The van der Waals surface area contributed by atoms with Crippen LogP contribution in [-0.4, -0.2) is 18.3 Å². The van der Waals surface area contributed by atoms with Crippen LogP contribution in [-0.2, 0) is 9.31 Å². The van der Waals surface area contributed by atoms with Gasteiger partial charge in [0.15, 0.2) is 0 Å². The molecule has 1 saturated heterocycles. The van der Waals surface area contributed by atoms with Crippen molar-refractivity contribution in [1.82, 2.24) is 0 Å². The van der Waals surface area contributed by atoms with Crippen LogP contribution < -0.4 is 5.46 Å². The Morgan fingerprint density at radius 1 is 0.667 bits per heavy atom. The van der Waals surface area contributed by atoms with Gasteiger partial charge in [0.1, 0.15) is 11.2 Å². The summed E-state index contributed by atoms with van der Waals surface area (Å²) in [7, 11) is -0.532. The predicted molar refractivity (Wildman–Crippen MR) is 145 cm³/mol. The van der Waals surface area contributed by atoms with Crippen molar-refractivity contribution in [3.05, 3.63) is 90.5 Å². The highest BCUT2D eigenvalue weighted by Crippen LogP contribution is 2.39. The number of nitriles is 1. The highest BCUT2D eigenvalue weighted by atomic mass is 16.7. The van der Waals surface area contributed by atoms with Crippen LogP contribution in [0.2, 0.25) is 0 Å². The quantitative estimate of drug-likeness (QED) is 0.264. The van der Waals surface area contributed by atoms with Crippen molar-refractivity contribution in [2.24, 2.45) is 0 Å². The first-order valence-corrected chi connectivity index (χ1v) is 12.2. The first kappa shape index (κ1) is 22.6. The Hall–Kier alpha value is -3.85. The van der Waals surface area contributed by atoms with Crippen LogP contribution >= 0.6 is 0 Å². The van der Waals surface area contributed by atoms with Gasteiger partial charge in [-0.25, -0.2) is 0 Å². The maximum absolute atomic E-state index is 9.07. The molecule has 0 unspecified atom stereocenters. The first-order chi connectivity index (χ1) is 17.3. The lowest BCUT2D eigenvalue weighted by molar-refractivity contribution is 0.00578. The van der Waals surface area contributed by atoms with Crippen molar-refractivity contribution < 1.29 is 13.7 Å². The van der Waals surface area contributed by atoms with E-state index in [0.717, 1.165) is 49.7 Å². The summed E-state index contributed by atoms with van der Waals surface area (Å²) in [6, 6.07) is 30.7. The third-order valence-corrected chi connectivity index (χ3v) is 7.58. The molecule has 0 amide bonds. The van der Waals surface area contributed by atoms with Gasteiger partial charge in [-0.2, -0.15) is 5.26 Å². The van der Waals surface area contributed by atoms with Crippen LogP contribution in [0.4, 0.5) is 0 Å². The summed E-state index contributed by atoms with van der Waals surface area (Å²) in [5, 5.41) is 11.2. The van der Waals surface area contributed by atoms with Gasteiger partial charge >= 0.3 is 7.12 Å². The lowest BCUT2D eigenvalue weighted by atomic mass is 9.76. The Labute approximate surface area is 211 Å². The van der Waals surface area contributed by atoms with Gasteiger partial charge in [0.05, 0.1) is 22.8 Å². The molecule has 5 aromatic rings. The van der Waals surface area contributed by atoms with E-state index >= 15 is 0 Å². The fourth-order valence-electron chi connectivity index (χ4n) is 4.76. The highest BCUT2D eigenvalue weighted by Gasteiger charge is 2.52. The first-order valence-electron chi connectivity index (χ1n) is 12.2. The van der Waals surface area contributed by atoms with Crippen LogP contribution in [0, 0.1) is 11.3 Å². The molecule has 0 N–H and O–H groups in total. The summed E-state index contributed by atoms with van der Waals surface area (Å²) >= 11 is 0. The highest BCUT2D eigenvalue weighted by molar-refractivity contribution is 6.65. The summed E-state index contributed by atoms with van der Waals surface area (Å²) in [5.74, 6) is 0. The smallest absolute Gasteiger partial charge is 0.456 e. The normalized spacial score (nSPS) is 16.5.